The summed E-state index contributed by atoms with van der Waals surface area (Å²) in [7, 11) is 1.61. The van der Waals surface area contributed by atoms with Crippen LogP contribution in [-0.2, 0) is 4.79 Å². The second kappa shape index (κ2) is 5.28. The summed E-state index contributed by atoms with van der Waals surface area (Å²) in [6.45, 7) is 0. The third kappa shape index (κ3) is 2.20. The van der Waals surface area contributed by atoms with E-state index in [1.165, 1.54) is 19.3 Å². The average Bonchev–Trinajstić information content (AvgIpc) is 3.11. The van der Waals surface area contributed by atoms with Crippen molar-refractivity contribution in [1.29, 1.82) is 5.26 Å². The fraction of sp³-hybridized carbons (Fsp3) is 0.529. The molecular weight excluding hydrogens is 250 g/mol. The van der Waals surface area contributed by atoms with E-state index in [2.05, 4.69) is 6.07 Å². The molecule has 0 aromatic heterocycles. The van der Waals surface area contributed by atoms with E-state index >= 15 is 0 Å². The van der Waals surface area contributed by atoms with Crippen LogP contribution < -0.4 is 4.74 Å². The summed E-state index contributed by atoms with van der Waals surface area (Å²) in [5.41, 5.74) is 0.793. The van der Waals surface area contributed by atoms with Gasteiger partial charge in [0.05, 0.1) is 13.2 Å². The zero-order chi connectivity index (χ0) is 14.1. The lowest BCUT2D eigenvalue weighted by atomic mass is 9.79. The number of fused-ring (bicyclic) bond motifs is 2. The molecule has 0 N–H and O–H groups in total. The number of ether oxygens (including phenoxy) is 1. The van der Waals surface area contributed by atoms with E-state index in [9.17, 15) is 10.1 Å². The Morgan fingerprint density at radius 1 is 1.30 bits per heavy atom. The van der Waals surface area contributed by atoms with Crippen molar-refractivity contribution in [2.75, 3.05) is 7.11 Å². The second-order valence-electron chi connectivity index (χ2n) is 6.02. The summed E-state index contributed by atoms with van der Waals surface area (Å²) in [4.78, 5) is 12.7. The van der Waals surface area contributed by atoms with E-state index in [4.69, 9.17) is 4.74 Å². The van der Waals surface area contributed by atoms with Gasteiger partial charge >= 0.3 is 0 Å². The van der Waals surface area contributed by atoms with E-state index < -0.39 is 5.92 Å². The standard InChI is InChI=1S/C17H19NO2/c1-20-14-6-4-12(5-7-14)16(10-18)17(19)15-9-11-2-3-13(15)8-11/h4-7,11,13,15-16H,2-3,8-9H2,1H3. The number of rotatable bonds is 4. The molecule has 0 spiro atoms. The number of hydrogen-bond donors (Lipinski definition) is 0. The highest BCUT2D eigenvalue weighted by Crippen LogP contribution is 2.49. The molecule has 4 atom stereocenters. The Kier molecular flexibility index (Phi) is 3.48. The van der Waals surface area contributed by atoms with Crippen molar-refractivity contribution in [3.63, 3.8) is 0 Å². The first-order chi connectivity index (χ1) is 9.72. The highest BCUT2D eigenvalue weighted by atomic mass is 16.5. The average molecular weight is 269 g/mol. The number of Topliss-reactive ketones (excluding diaryl/α,β-unsaturated/α-hetero) is 1. The lowest BCUT2D eigenvalue weighted by Gasteiger charge is -2.22. The first-order valence-electron chi connectivity index (χ1n) is 7.30. The number of nitrogens with zero attached hydrogens (tertiary/aromatic N) is 1. The van der Waals surface area contributed by atoms with Gasteiger partial charge in [0, 0.05) is 5.92 Å². The van der Waals surface area contributed by atoms with Crippen molar-refractivity contribution in [3.05, 3.63) is 29.8 Å². The van der Waals surface area contributed by atoms with Gasteiger partial charge in [-0.2, -0.15) is 5.26 Å². The van der Waals surface area contributed by atoms with Gasteiger partial charge in [0.1, 0.15) is 11.7 Å². The summed E-state index contributed by atoms with van der Waals surface area (Å²) in [6, 6.07) is 9.49. The predicted octanol–water partition coefficient (Wildman–Crippen LogP) is 3.31. The lowest BCUT2D eigenvalue weighted by molar-refractivity contribution is -0.124. The molecule has 4 unspecified atom stereocenters. The van der Waals surface area contributed by atoms with E-state index in [0.717, 1.165) is 23.7 Å². The molecule has 2 aliphatic carbocycles. The van der Waals surface area contributed by atoms with Gasteiger partial charge in [0.25, 0.3) is 0 Å². The molecule has 20 heavy (non-hydrogen) atoms. The molecule has 3 nitrogen and oxygen atoms in total. The molecule has 3 heteroatoms. The molecule has 2 bridgehead atoms. The Morgan fingerprint density at radius 2 is 2.05 bits per heavy atom. The Balaban J connectivity index is 1.79. The van der Waals surface area contributed by atoms with Crippen LogP contribution >= 0.6 is 0 Å². The van der Waals surface area contributed by atoms with Gasteiger partial charge in [0.15, 0.2) is 5.78 Å². The van der Waals surface area contributed by atoms with Crippen LogP contribution in [0.15, 0.2) is 24.3 Å². The SMILES string of the molecule is COc1ccc(C(C#N)C(=O)C2CC3CCC2C3)cc1. The number of benzene rings is 1. The van der Waals surface area contributed by atoms with E-state index in [1.54, 1.807) is 7.11 Å². The van der Waals surface area contributed by atoms with E-state index in [1.807, 2.05) is 24.3 Å². The van der Waals surface area contributed by atoms with Crippen LogP contribution in [0.1, 0.15) is 37.2 Å². The Labute approximate surface area is 119 Å². The Bertz CT molecular complexity index is 543. The molecule has 0 heterocycles. The van der Waals surface area contributed by atoms with Crippen LogP contribution in [0.3, 0.4) is 0 Å². The van der Waals surface area contributed by atoms with Crippen molar-refractivity contribution >= 4 is 5.78 Å². The molecule has 2 saturated carbocycles. The third-order valence-corrected chi connectivity index (χ3v) is 4.97. The minimum atomic E-state index is -0.620. The normalized spacial score (nSPS) is 28.9. The molecule has 0 amide bonds. The molecule has 0 saturated heterocycles. The van der Waals surface area contributed by atoms with E-state index in [-0.39, 0.29) is 11.7 Å². The molecular formula is C17H19NO2. The Hall–Kier alpha value is -1.82. The van der Waals surface area contributed by atoms with Crippen LogP contribution in [0.25, 0.3) is 0 Å². The van der Waals surface area contributed by atoms with Crippen LogP contribution in [-0.4, -0.2) is 12.9 Å². The van der Waals surface area contributed by atoms with Gasteiger partial charge in [0.2, 0.25) is 0 Å². The van der Waals surface area contributed by atoms with Gasteiger partial charge < -0.3 is 4.74 Å². The summed E-state index contributed by atoms with van der Waals surface area (Å²) in [5, 5.41) is 9.40. The fourth-order valence-electron chi connectivity index (χ4n) is 3.91. The highest BCUT2D eigenvalue weighted by Gasteiger charge is 2.44. The number of nitriles is 1. The maximum absolute atomic E-state index is 12.7. The Morgan fingerprint density at radius 3 is 2.55 bits per heavy atom. The second-order valence-corrected chi connectivity index (χ2v) is 6.02. The van der Waals surface area contributed by atoms with E-state index in [0.29, 0.717) is 5.92 Å². The van der Waals surface area contributed by atoms with Crippen molar-refractivity contribution < 1.29 is 9.53 Å². The van der Waals surface area contributed by atoms with Crippen molar-refractivity contribution in [2.24, 2.45) is 17.8 Å². The maximum Gasteiger partial charge on any atom is 0.157 e. The summed E-state index contributed by atoms with van der Waals surface area (Å²) >= 11 is 0. The number of methoxy groups -OCH3 is 1. The smallest absolute Gasteiger partial charge is 0.157 e. The molecule has 1 aromatic rings. The van der Waals surface area contributed by atoms with Gasteiger partial charge in [-0.15, -0.1) is 0 Å². The minimum Gasteiger partial charge on any atom is -0.497 e. The van der Waals surface area contributed by atoms with Crippen molar-refractivity contribution in [2.45, 2.75) is 31.6 Å². The molecule has 3 rings (SSSR count). The number of carbonyl (C=O) groups excluding carboxylic acids is 1. The maximum atomic E-state index is 12.7. The number of carbonyl (C=O) groups is 1. The fourth-order valence-corrected chi connectivity index (χ4v) is 3.91. The zero-order valence-electron chi connectivity index (χ0n) is 11.7. The molecule has 104 valence electrons. The zero-order valence-corrected chi connectivity index (χ0v) is 11.7. The number of ketones is 1. The molecule has 0 aliphatic heterocycles. The number of hydrogen-bond acceptors (Lipinski definition) is 3. The first kappa shape index (κ1) is 13.2. The van der Waals surface area contributed by atoms with Crippen LogP contribution in [0, 0.1) is 29.1 Å². The van der Waals surface area contributed by atoms with Gasteiger partial charge in [-0.3, -0.25) is 4.79 Å². The summed E-state index contributed by atoms with van der Waals surface area (Å²) in [5.74, 6) is 1.62. The monoisotopic (exact) mass is 269 g/mol. The topological polar surface area (TPSA) is 50.1 Å². The molecule has 2 fully saturated rings. The minimum absolute atomic E-state index is 0.112. The van der Waals surface area contributed by atoms with Crippen molar-refractivity contribution in [1.82, 2.24) is 0 Å². The van der Waals surface area contributed by atoms with Gasteiger partial charge in [-0.25, -0.2) is 0 Å². The van der Waals surface area contributed by atoms with Crippen LogP contribution in [0.4, 0.5) is 0 Å². The summed E-state index contributed by atoms with van der Waals surface area (Å²) in [6.07, 6.45) is 4.63. The molecule has 2 aliphatic rings. The van der Waals surface area contributed by atoms with Crippen molar-refractivity contribution in [3.8, 4) is 11.8 Å². The quantitative estimate of drug-likeness (QED) is 0.842. The highest BCUT2D eigenvalue weighted by molar-refractivity contribution is 5.91. The first-order valence-corrected chi connectivity index (χ1v) is 7.30. The lowest BCUT2D eigenvalue weighted by Crippen LogP contribution is -2.26. The van der Waals surface area contributed by atoms with Crippen LogP contribution in [0.5, 0.6) is 5.75 Å². The summed E-state index contributed by atoms with van der Waals surface area (Å²) < 4.78 is 5.12. The van der Waals surface area contributed by atoms with Gasteiger partial charge in [-0.05, 0) is 48.8 Å². The predicted molar refractivity (Wildman–Crippen MR) is 75.3 cm³/mol. The van der Waals surface area contributed by atoms with Crippen LogP contribution in [0.2, 0.25) is 0 Å². The van der Waals surface area contributed by atoms with Gasteiger partial charge in [-0.1, -0.05) is 18.6 Å². The molecule has 1 aromatic carbocycles. The third-order valence-electron chi connectivity index (χ3n) is 4.97. The molecule has 0 radical (unpaired) electrons. The largest absolute Gasteiger partial charge is 0.497 e.